The minimum absolute atomic E-state index is 0.0544. The molecule has 0 aromatic heterocycles. The van der Waals surface area contributed by atoms with Gasteiger partial charge >= 0.3 is 0 Å². The summed E-state index contributed by atoms with van der Waals surface area (Å²) in [6.07, 6.45) is 8.21. The molecule has 324 valence electrons. The molecule has 0 saturated carbocycles. The standard InChI is InChI=1S/C54H76N2O4/c1-37-29-45-30-38(2)49(37)57-25-13-14-26-58-51-41(5)33-47(34-42(51)6)54(19-23-56(11,12)24-20-54)48-35-43(7)52(44(8)36-48)60-28-16-15-27-59-50-39(3)31-46(32-40(50)4)53(45)17-21-55(9,10)22-18-53/h29-36H,13-28H2,1-12H3/q+2. The average Bonchev–Trinajstić information content (AvgIpc) is 3.17. The molecular weight excluding hydrogens is 741 g/mol. The van der Waals surface area contributed by atoms with Crippen LogP contribution in [0.3, 0.4) is 0 Å². The van der Waals surface area contributed by atoms with Gasteiger partial charge in [0.05, 0.1) is 80.8 Å². The summed E-state index contributed by atoms with van der Waals surface area (Å²) < 4.78 is 28.4. The molecule has 4 aromatic carbocycles. The monoisotopic (exact) mass is 817 g/mol. The lowest BCUT2D eigenvalue weighted by Gasteiger charge is -2.46. The van der Waals surface area contributed by atoms with Gasteiger partial charge in [0.1, 0.15) is 23.0 Å². The lowest BCUT2D eigenvalue weighted by atomic mass is 9.66. The quantitative estimate of drug-likeness (QED) is 0.166. The van der Waals surface area contributed by atoms with Crippen molar-refractivity contribution >= 4 is 0 Å². The SMILES string of the molecule is Cc1cc2cc(C)c1OCCCCOc1c(C)cc(cc1C)C1(CC[N+](C)(C)CC1)c1cc(C)c(c(C)c1)OCCCCOc1c(C)cc(cc1C)C21CC[N+](C)(C)CC1. The molecule has 6 heteroatoms. The Morgan fingerprint density at radius 1 is 0.333 bits per heavy atom. The molecule has 2 saturated heterocycles. The number of hydrogen-bond acceptors (Lipinski definition) is 4. The van der Waals surface area contributed by atoms with Gasteiger partial charge < -0.3 is 27.9 Å². The number of rotatable bonds is 0. The third-order valence-corrected chi connectivity index (χ3v) is 14.7. The summed E-state index contributed by atoms with van der Waals surface area (Å²) in [6, 6.07) is 19.4. The van der Waals surface area contributed by atoms with Crippen molar-refractivity contribution < 1.29 is 27.9 Å². The van der Waals surface area contributed by atoms with Crippen molar-refractivity contribution in [2.75, 3.05) is 80.8 Å². The van der Waals surface area contributed by atoms with E-state index < -0.39 is 0 Å². The number of piperidine rings is 2. The highest BCUT2D eigenvalue weighted by molar-refractivity contribution is 5.55. The van der Waals surface area contributed by atoms with E-state index in [0.717, 1.165) is 110 Å². The van der Waals surface area contributed by atoms with E-state index in [4.69, 9.17) is 18.9 Å². The molecule has 12 heterocycles. The largest absolute Gasteiger partial charge is 0.493 e. The molecule has 8 bridgehead atoms. The van der Waals surface area contributed by atoms with Gasteiger partial charge in [0.2, 0.25) is 0 Å². The third kappa shape index (κ3) is 8.98. The van der Waals surface area contributed by atoms with Crippen LogP contribution in [0.2, 0.25) is 0 Å². The Hall–Kier alpha value is -4.00. The van der Waals surface area contributed by atoms with Crippen molar-refractivity contribution in [3.8, 4) is 23.0 Å². The molecule has 4 aromatic rings. The molecule has 0 radical (unpaired) electrons. The summed E-state index contributed by atoms with van der Waals surface area (Å²) in [5, 5.41) is 0. The molecule has 12 aliphatic heterocycles. The molecule has 0 unspecified atom stereocenters. The number of nitrogens with zero attached hydrogens (tertiary/aromatic N) is 2. The predicted molar refractivity (Wildman–Crippen MR) is 248 cm³/mol. The maximum Gasteiger partial charge on any atom is 0.125 e. The summed E-state index contributed by atoms with van der Waals surface area (Å²) in [4.78, 5) is 0. The van der Waals surface area contributed by atoms with Crippen LogP contribution < -0.4 is 18.9 Å². The zero-order chi connectivity index (χ0) is 43.0. The minimum Gasteiger partial charge on any atom is -0.493 e. The highest BCUT2D eigenvalue weighted by Gasteiger charge is 2.44. The van der Waals surface area contributed by atoms with Gasteiger partial charge in [-0.05, 0) is 148 Å². The molecule has 2 spiro atoms. The van der Waals surface area contributed by atoms with Crippen molar-refractivity contribution in [3.05, 3.63) is 115 Å². The van der Waals surface area contributed by atoms with Crippen LogP contribution in [0.4, 0.5) is 0 Å². The van der Waals surface area contributed by atoms with Crippen LogP contribution >= 0.6 is 0 Å². The van der Waals surface area contributed by atoms with Crippen molar-refractivity contribution in [1.29, 1.82) is 0 Å². The number of quaternary nitrogens is 2. The fourth-order valence-corrected chi connectivity index (χ4v) is 10.9. The van der Waals surface area contributed by atoms with Gasteiger partial charge in [-0.25, -0.2) is 0 Å². The molecule has 0 aliphatic carbocycles. The maximum absolute atomic E-state index is 6.58. The number of hydrogen-bond donors (Lipinski definition) is 0. The van der Waals surface area contributed by atoms with Crippen molar-refractivity contribution in [1.82, 2.24) is 0 Å². The summed E-state index contributed by atoms with van der Waals surface area (Å²) in [5.41, 5.74) is 15.4. The van der Waals surface area contributed by atoms with E-state index in [2.05, 4.69) is 132 Å². The molecule has 0 atom stereocenters. The lowest BCUT2D eigenvalue weighted by molar-refractivity contribution is -0.896. The van der Waals surface area contributed by atoms with Gasteiger partial charge in [-0.2, -0.15) is 0 Å². The maximum atomic E-state index is 6.58. The van der Waals surface area contributed by atoms with Gasteiger partial charge in [0, 0.05) is 36.5 Å². The van der Waals surface area contributed by atoms with Gasteiger partial charge in [0.25, 0.3) is 0 Å². The van der Waals surface area contributed by atoms with Crippen molar-refractivity contribution in [2.24, 2.45) is 0 Å². The van der Waals surface area contributed by atoms with Crippen LogP contribution in [0.15, 0.2) is 48.5 Å². The Labute approximate surface area is 363 Å². The second-order valence-corrected chi connectivity index (χ2v) is 20.5. The Kier molecular flexibility index (Phi) is 12.8. The zero-order valence-corrected chi connectivity index (χ0v) is 39.5. The summed E-state index contributed by atoms with van der Waals surface area (Å²) in [5.74, 6) is 4.13. The topological polar surface area (TPSA) is 36.9 Å². The first kappa shape index (κ1) is 44.1. The third-order valence-electron chi connectivity index (χ3n) is 14.7. The van der Waals surface area contributed by atoms with Crippen molar-refractivity contribution in [3.63, 3.8) is 0 Å². The fourth-order valence-electron chi connectivity index (χ4n) is 10.9. The second-order valence-electron chi connectivity index (χ2n) is 20.5. The number of benzene rings is 4. The first-order chi connectivity index (χ1) is 28.4. The smallest absolute Gasteiger partial charge is 0.125 e. The van der Waals surface area contributed by atoms with Crippen LogP contribution in [0.5, 0.6) is 23.0 Å². The van der Waals surface area contributed by atoms with Gasteiger partial charge in [-0.1, -0.05) is 48.5 Å². The Balaban J connectivity index is 1.19. The van der Waals surface area contributed by atoms with E-state index in [0.29, 0.717) is 26.4 Å². The van der Waals surface area contributed by atoms with Crippen LogP contribution in [-0.4, -0.2) is 89.8 Å². The molecular formula is C54H76N2O4+2. The minimum atomic E-state index is -0.0544. The van der Waals surface area contributed by atoms with E-state index in [1.165, 1.54) is 66.8 Å². The van der Waals surface area contributed by atoms with E-state index >= 15 is 0 Å². The van der Waals surface area contributed by atoms with E-state index in [-0.39, 0.29) is 10.8 Å². The van der Waals surface area contributed by atoms with Gasteiger partial charge in [-0.3, -0.25) is 0 Å². The Morgan fingerprint density at radius 2 is 0.517 bits per heavy atom. The van der Waals surface area contributed by atoms with Crippen LogP contribution in [-0.2, 0) is 10.8 Å². The van der Waals surface area contributed by atoms with Crippen LogP contribution in [0.1, 0.15) is 118 Å². The Bertz CT molecular complexity index is 1800. The normalized spacial score (nSPS) is 20.3. The van der Waals surface area contributed by atoms with E-state index in [1.807, 2.05) is 0 Å². The highest BCUT2D eigenvalue weighted by Crippen LogP contribution is 2.48. The fraction of sp³-hybridized carbons (Fsp3) is 0.556. The van der Waals surface area contributed by atoms with Crippen LogP contribution in [0.25, 0.3) is 0 Å². The first-order valence-corrected chi connectivity index (χ1v) is 23.1. The molecule has 0 amide bonds. The van der Waals surface area contributed by atoms with Crippen molar-refractivity contribution in [2.45, 2.75) is 118 Å². The molecule has 6 nitrogen and oxygen atoms in total. The lowest BCUT2D eigenvalue weighted by Crippen LogP contribution is -2.51. The summed E-state index contributed by atoms with van der Waals surface area (Å²) >= 11 is 0. The highest BCUT2D eigenvalue weighted by atomic mass is 16.5. The Morgan fingerprint density at radius 3 is 0.700 bits per heavy atom. The van der Waals surface area contributed by atoms with E-state index in [9.17, 15) is 0 Å². The molecule has 0 N–H and O–H groups in total. The number of aryl methyl sites for hydroxylation is 8. The van der Waals surface area contributed by atoms with E-state index in [1.54, 1.807) is 0 Å². The summed E-state index contributed by atoms with van der Waals surface area (Å²) in [7, 11) is 9.50. The number of ether oxygens (including phenoxy) is 4. The molecule has 12 aliphatic rings. The molecule has 60 heavy (non-hydrogen) atoms. The average molecular weight is 817 g/mol. The molecule has 16 rings (SSSR count). The number of likely N-dealkylation sites (tertiary alicyclic amines) is 2. The van der Waals surface area contributed by atoms with Crippen LogP contribution in [0, 0.1) is 55.4 Å². The first-order valence-electron chi connectivity index (χ1n) is 23.1. The van der Waals surface area contributed by atoms with Gasteiger partial charge in [0.15, 0.2) is 0 Å². The second kappa shape index (κ2) is 17.4. The predicted octanol–water partition coefficient (Wildman–Crippen LogP) is 11.3. The van der Waals surface area contributed by atoms with Gasteiger partial charge in [-0.15, -0.1) is 0 Å². The zero-order valence-electron chi connectivity index (χ0n) is 39.5. The summed E-state index contributed by atoms with van der Waals surface area (Å²) in [6.45, 7) is 25.1. The molecule has 2 fully saturated rings.